The molecular formula is C39H78Si7. The van der Waals surface area contributed by atoms with Crippen LogP contribution >= 0.6 is 0 Å². The second-order valence-electron chi connectivity index (χ2n) is 21.8. The second kappa shape index (κ2) is 14.3. The minimum absolute atomic E-state index is 0.283. The lowest BCUT2D eigenvalue weighted by molar-refractivity contribution is 0.845. The molecule has 0 N–H and O–H groups in total. The van der Waals surface area contributed by atoms with Crippen LogP contribution in [0.15, 0.2) is 30.3 Å². The van der Waals surface area contributed by atoms with Gasteiger partial charge in [0.1, 0.15) is 0 Å². The second-order valence-corrected chi connectivity index (χ2v) is 56.7. The Hall–Kier alpha value is -0.0418. The molecule has 0 unspecified atom stereocenters. The molecule has 0 amide bonds. The van der Waals surface area contributed by atoms with Crippen molar-refractivity contribution in [3.63, 3.8) is 0 Å². The van der Waals surface area contributed by atoms with Gasteiger partial charge in [-0.3, -0.25) is 0 Å². The molecule has 0 saturated heterocycles. The molecule has 262 valence electrons. The van der Waals surface area contributed by atoms with Crippen molar-refractivity contribution in [3.8, 4) is 0 Å². The fourth-order valence-corrected chi connectivity index (χ4v) is 50.8. The van der Waals surface area contributed by atoms with Gasteiger partial charge in [0, 0.05) is 50.9 Å². The van der Waals surface area contributed by atoms with Gasteiger partial charge in [0.05, 0.1) is 9.38 Å². The summed E-state index contributed by atoms with van der Waals surface area (Å²) in [6, 6.07) is 12.1. The Morgan fingerprint density at radius 3 is 0.935 bits per heavy atom. The molecule has 0 spiro atoms. The maximum absolute atomic E-state index is 10.9. The van der Waals surface area contributed by atoms with Crippen molar-refractivity contribution in [1.29, 1.82) is 2.47 Å². The van der Waals surface area contributed by atoms with Gasteiger partial charge in [-0.1, -0.05) is 197 Å². The van der Waals surface area contributed by atoms with Gasteiger partial charge in [-0.25, -0.2) is 0 Å². The summed E-state index contributed by atoms with van der Waals surface area (Å²) in [4.78, 5) is 0. The maximum atomic E-state index is 10.9. The van der Waals surface area contributed by atoms with Gasteiger partial charge in [0.2, 0.25) is 0 Å². The molecule has 0 aliphatic heterocycles. The Bertz CT molecular complexity index is 1300. The zero-order valence-electron chi connectivity index (χ0n) is 36.8. The van der Waals surface area contributed by atoms with E-state index in [0.717, 1.165) is 5.19 Å². The van der Waals surface area contributed by atoms with E-state index in [9.17, 15) is 2.47 Å². The molecule has 0 aliphatic carbocycles. The first-order chi connectivity index (χ1) is 21.1. The third-order valence-electron chi connectivity index (χ3n) is 10.00. The highest BCUT2D eigenvalue weighted by Gasteiger charge is 2.46. The number of hydrogen-bond donors (Lipinski definition) is 0. The monoisotopic (exact) mass is 744 g/mol. The van der Waals surface area contributed by atoms with E-state index in [1.165, 1.54) is 27.4 Å². The van der Waals surface area contributed by atoms with E-state index < -0.39 is 57.8 Å². The topological polar surface area (TPSA) is 0 Å². The van der Waals surface area contributed by atoms with Gasteiger partial charge in [-0.05, 0) is 44.0 Å². The van der Waals surface area contributed by atoms with E-state index >= 15 is 0 Å². The normalized spacial score (nSPS) is 15.5. The average molecular weight is 746 g/mol. The molecule has 0 aromatic heterocycles. The standard InChI is InChI=1S/C39H78Si7/c1-28(2)31-24-23-25-32(29(3)4)35(31)40-36-33(38(43(11,12)13)44(14,15)16)26-30(37(41(5,6)7)42(8,9)10)27-34(36)39(45(17,18)19)46(20,21)22/h23-29,37-39H,40H2,1-22H3/i40D2. The van der Waals surface area contributed by atoms with E-state index in [4.69, 9.17) is 0 Å². The van der Waals surface area contributed by atoms with Crippen molar-refractivity contribution in [3.05, 3.63) is 58.1 Å². The van der Waals surface area contributed by atoms with Crippen molar-refractivity contribution >= 4 is 68.2 Å². The van der Waals surface area contributed by atoms with Crippen molar-refractivity contribution < 1.29 is 0 Å². The van der Waals surface area contributed by atoms with Gasteiger partial charge < -0.3 is 0 Å². The third-order valence-corrected chi connectivity index (χ3v) is 39.5. The van der Waals surface area contributed by atoms with Crippen LogP contribution < -0.4 is 10.4 Å². The molecule has 2 aromatic rings. The van der Waals surface area contributed by atoms with Crippen LogP contribution in [0.2, 0.25) is 118 Å². The molecule has 2 aromatic carbocycles. The molecule has 0 nitrogen and oxygen atoms in total. The van der Waals surface area contributed by atoms with Gasteiger partial charge >= 0.3 is 0 Å². The SMILES string of the molecule is [2H][Si]([2H])(c1c(C(C)C)cccc1C(C)C)c1c(C([Si](C)(C)C)[Si](C)(C)C)cc(C([Si](C)(C)C)[Si](C)(C)C)cc1C([Si](C)(C)C)[Si](C)(C)C. The molecular weight excluding hydrogens is 665 g/mol. The van der Waals surface area contributed by atoms with Crippen LogP contribution in [-0.2, 0) is 0 Å². The zero-order valence-corrected chi connectivity index (χ0v) is 41.8. The molecule has 0 aliphatic rings. The molecule has 7 heteroatoms. The van der Waals surface area contributed by atoms with Crippen molar-refractivity contribution in [1.82, 2.24) is 0 Å². The lowest BCUT2D eigenvalue weighted by Gasteiger charge is -2.46. The minimum Gasteiger partial charge on any atom is -0.0693 e. The van der Waals surface area contributed by atoms with Gasteiger partial charge in [-0.15, -0.1) is 0 Å². The number of benzene rings is 2. The molecule has 2 rings (SSSR count). The summed E-state index contributed by atoms with van der Waals surface area (Å²) in [7, 11) is -14.1. The van der Waals surface area contributed by atoms with Gasteiger partial charge in [0.15, 0.2) is 0 Å². The lowest BCUT2D eigenvalue weighted by Crippen LogP contribution is -2.54. The molecule has 0 atom stereocenters. The number of rotatable bonds is 13. The Morgan fingerprint density at radius 1 is 0.435 bits per heavy atom. The predicted octanol–water partition coefficient (Wildman–Crippen LogP) is 11.6. The van der Waals surface area contributed by atoms with Crippen molar-refractivity contribution in [2.24, 2.45) is 0 Å². The summed E-state index contributed by atoms with van der Waals surface area (Å²) >= 11 is 0. The molecule has 0 saturated carbocycles. The van der Waals surface area contributed by atoms with E-state index in [0.29, 0.717) is 15.5 Å². The van der Waals surface area contributed by atoms with Crippen LogP contribution in [0.4, 0.5) is 0 Å². The van der Waals surface area contributed by atoms with Crippen LogP contribution in [0, 0.1) is 0 Å². The molecule has 0 heterocycles. The zero-order chi connectivity index (χ0) is 38.0. The predicted molar refractivity (Wildman–Crippen MR) is 237 cm³/mol. The molecule has 0 fully saturated rings. The molecule has 0 bridgehead atoms. The van der Waals surface area contributed by atoms with Crippen LogP contribution in [0.5, 0.6) is 0 Å². The van der Waals surface area contributed by atoms with E-state index in [-0.39, 0.29) is 11.8 Å². The summed E-state index contributed by atoms with van der Waals surface area (Å²) in [6.45, 7) is 55.9. The highest BCUT2D eigenvalue weighted by atomic mass is 28.4. The maximum Gasteiger partial charge on any atom is 0.0889 e. The van der Waals surface area contributed by atoms with E-state index in [1.807, 2.05) is 0 Å². The summed E-state index contributed by atoms with van der Waals surface area (Å²) in [6.07, 6.45) is 0. The lowest BCUT2D eigenvalue weighted by atomic mass is 9.95. The van der Waals surface area contributed by atoms with Crippen LogP contribution in [0.25, 0.3) is 0 Å². The average Bonchev–Trinajstić information content (AvgIpc) is 2.77. The summed E-state index contributed by atoms with van der Waals surface area (Å²) < 4.78 is 21.7. The van der Waals surface area contributed by atoms with Gasteiger partial charge in [-0.2, -0.15) is 0 Å². The molecule has 46 heavy (non-hydrogen) atoms. The third kappa shape index (κ3) is 10.0. The fraction of sp³-hybridized carbons (Fsp3) is 0.692. The quantitative estimate of drug-likeness (QED) is 0.179. The van der Waals surface area contributed by atoms with Crippen molar-refractivity contribution in [2.45, 2.75) is 173 Å². The van der Waals surface area contributed by atoms with E-state index in [2.05, 4.69) is 176 Å². The summed E-state index contributed by atoms with van der Waals surface area (Å²) in [5, 5.41) is 3.94. The smallest absolute Gasteiger partial charge is 0.0693 e. The minimum atomic E-state index is -3.74. The Kier molecular flexibility index (Phi) is 12.0. The fourth-order valence-electron chi connectivity index (χ4n) is 10.1. The first-order valence-corrected chi connectivity index (χ1v) is 40.8. The Morgan fingerprint density at radius 2 is 0.696 bits per heavy atom. The highest BCUT2D eigenvalue weighted by Crippen LogP contribution is 2.44. The Balaban J connectivity index is 3.62. The summed E-state index contributed by atoms with van der Waals surface area (Å²) in [5.74, 6) is 0.565. The van der Waals surface area contributed by atoms with Crippen LogP contribution in [-0.4, -0.2) is 60.3 Å². The van der Waals surface area contributed by atoms with E-state index in [1.54, 1.807) is 5.56 Å². The molecule has 0 radical (unpaired) electrons. The van der Waals surface area contributed by atoms with Crippen molar-refractivity contribution in [2.75, 3.05) is 0 Å². The highest BCUT2D eigenvalue weighted by molar-refractivity contribution is 6.98. The first kappa shape index (κ1) is 38.8. The van der Waals surface area contributed by atoms with Crippen LogP contribution in [0.1, 0.15) is 82.8 Å². The van der Waals surface area contributed by atoms with Crippen LogP contribution in [0.3, 0.4) is 0 Å². The van der Waals surface area contributed by atoms with Gasteiger partial charge in [0.25, 0.3) is 0 Å². The Labute approximate surface area is 300 Å². The first-order valence-electron chi connectivity index (χ1n) is 19.4. The largest absolute Gasteiger partial charge is 0.0889 e. The summed E-state index contributed by atoms with van der Waals surface area (Å²) in [5.41, 5.74) is 7.05. The number of hydrogen-bond acceptors (Lipinski definition) is 0.